The van der Waals surface area contributed by atoms with Crippen molar-refractivity contribution in [2.75, 3.05) is 26.2 Å². The highest BCUT2D eigenvalue weighted by Gasteiger charge is 2.33. The fourth-order valence-electron chi connectivity index (χ4n) is 3.58. The van der Waals surface area contributed by atoms with Gasteiger partial charge in [-0.1, -0.05) is 44.5 Å². The van der Waals surface area contributed by atoms with E-state index in [0.29, 0.717) is 12.0 Å². The van der Waals surface area contributed by atoms with Crippen molar-refractivity contribution in [2.24, 2.45) is 5.92 Å². The minimum absolute atomic E-state index is 0. The van der Waals surface area contributed by atoms with Gasteiger partial charge in [-0.15, -0.1) is 24.8 Å². The molecule has 2 aliphatic rings. The third-order valence-corrected chi connectivity index (χ3v) is 5.09. The van der Waals surface area contributed by atoms with E-state index in [1.165, 1.54) is 37.9 Å². The zero-order chi connectivity index (χ0) is 13.9. The SMILES string of the molecule is CC(C)c1ccc([C@@H](C2CCC2)N2CCNCC2)cc1.Cl.Cl. The molecule has 1 saturated carbocycles. The smallest absolute Gasteiger partial charge is 0.0377 e. The number of rotatable bonds is 4. The normalized spacial score (nSPS) is 20.7. The zero-order valence-electron chi connectivity index (χ0n) is 13.8. The Morgan fingerprint density at radius 2 is 1.50 bits per heavy atom. The summed E-state index contributed by atoms with van der Waals surface area (Å²) in [4.78, 5) is 2.71. The number of nitrogens with one attached hydrogen (secondary N) is 1. The third kappa shape index (κ3) is 4.38. The van der Waals surface area contributed by atoms with Gasteiger partial charge in [-0.2, -0.15) is 0 Å². The predicted molar refractivity (Wildman–Crippen MR) is 99.6 cm³/mol. The molecular weight excluding hydrogens is 315 g/mol. The van der Waals surface area contributed by atoms with Crippen LogP contribution >= 0.6 is 24.8 Å². The van der Waals surface area contributed by atoms with Gasteiger partial charge in [0.2, 0.25) is 0 Å². The first-order chi connectivity index (χ1) is 9.75. The first-order valence-electron chi connectivity index (χ1n) is 8.30. The fourth-order valence-corrected chi connectivity index (χ4v) is 3.58. The second-order valence-corrected chi connectivity index (χ2v) is 6.74. The second-order valence-electron chi connectivity index (χ2n) is 6.74. The van der Waals surface area contributed by atoms with E-state index in [1.807, 2.05) is 0 Å². The van der Waals surface area contributed by atoms with Crippen molar-refractivity contribution in [3.63, 3.8) is 0 Å². The minimum Gasteiger partial charge on any atom is -0.314 e. The Bertz CT molecular complexity index is 423. The number of hydrogen-bond acceptors (Lipinski definition) is 2. The van der Waals surface area contributed by atoms with Crippen LogP contribution in [0.4, 0.5) is 0 Å². The molecule has 4 heteroatoms. The summed E-state index contributed by atoms with van der Waals surface area (Å²) in [7, 11) is 0. The van der Waals surface area contributed by atoms with Crippen molar-refractivity contribution < 1.29 is 0 Å². The summed E-state index contributed by atoms with van der Waals surface area (Å²) in [6.07, 6.45) is 4.26. The lowest BCUT2D eigenvalue weighted by atomic mass is 9.76. The number of benzene rings is 1. The standard InChI is InChI=1S/C18H28N2.2ClH/c1-14(2)15-6-8-17(9-7-15)18(16-4-3-5-16)20-12-10-19-11-13-20;;/h6-9,14,16,18-19H,3-5,10-13H2,1-2H3;2*1H/t18-;;/m1../s1. The molecule has 1 aromatic carbocycles. The molecule has 0 unspecified atom stereocenters. The molecule has 22 heavy (non-hydrogen) atoms. The van der Waals surface area contributed by atoms with Crippen molar-refractivity contribution in [2.45, 2.75) is 45.1 Å². The van der Waals surface area contributed by atoms with E-state index in [4.69, 9.17) is 0 Å². The molecule has 1 aliphatic carbocycles. The Hall–Kier alpha value is -0.280. The van der Waals surface area contributed by atoms with Crippen LogP contribution in [-0.4, -0.2) is 31.1 Å². The topological polar surface area (TPSA) is 15.3 Å². The Morgan fingerprint density at radius 3 is 1.95 bits per heavy atom. The van der Waals surface area contributed by atoms with Crippen LogP contribution in [0.5, 0.6) is 0 Å². The number of nitrogens with zero attached hydrogens (tertiary/aromatic N) is 1. The molecule has 1 aromatic rings. The summed E-state index contributed by atoms with van der Waals surface area (Å²) in [5.74, 6) is 1.52. The number of hydrogen-bond donors (Lipinski definition) is 1. The molecule has 1 atom stereocenters. The molecule has 2 fully saturated rings. The molecule has 0 radical (unpaired) electrons. The maximum atomic E-state index is 3.48. The van der Waals surface area contributed by atoms with Crippen LogP contribution in [0.1, 0.15) is 56.2 Å². The second kappa shape index (κ2) is 9.12. The highest BCUT2D eigenvalue weighted by atomic mass is 35.5. The first-order valence-corrected chi connectivity index (χ1v) is 8.30. The molecule has 0 bridgehead atoms. The summed E-state index contributed by atoms with van der Waals surface area (Å²) in [6, 6.07) is 10.1. The van der Waals surface area contributed by atoms with Crippen molar-refractivity contribution in [1.82, 2.24) is 10.2 Å². The molecular formula is C18H30Cl2N2. The van der Waals surface area contributed by atoms with Gasteiger partial charge in [0.1, 0.15) is 0 Å². The number of halogens is 2. The molecule has 1 heterocycles. The molecule has 0 spiro atoms. The molecule has 0 amide bonds. The van der Waals surface area contributed by atoms with Crippen LogP contribution in [0.3, 0.4) is 0 Å². The van der Waals surface area contributed by atoms with E-state index < -0.39 is 0 Å². The van der Waals surface area contributed by atoms with Crippen LogP contribution < -0.4 is 5.32 Å². The average molecular weight is 345 g/mol. The highest BCUT2D eigenvalue weighted by Crippen LogP contribution is 2.41. The Kier molecular flexibility index (Phi) is 8.20. The van der Waals surface area contributed by atoms with Gasteiger partial charge < -0.3 is 5.32 Å². The summed E-state index contributed by atoms with van der Waals surface area (Å²) < 4.78 is 0. The Labute approximate surface area is 147 Å². The van der Waals surface area contributed by atoms with Crippen molar-refractivity contribution in [3.8, 4) is 0 Å². The predicted octanol–water partition coefficient (Wildman–Crippen LogP) is 4.40. The Morgan fingerprint density at radius 1 is 0.955 bits per heavy atom. The summed E-state index contributed by atoms with van der Waals surface area (Å²) >= 11 is 0. The van der Waals surface area contributed by atoms with E-state index in [9.17, 15) is 0 Å². The minimum atomic E-state index is 0. The van der Waals surface area contributed by atoms with Gasteiger partial charge in [0.25, 0.3) is 0 Å². The van der Waals surface area contributed by atoms with Crippen LogP contribution in [0.25, 0.3) is 0 Å². The average Bonchev–Trinajstić information content (AvgIpc) is 2.44. The number of piperazine rings is 1. The molecule has 1 saturated heterocycles. The zero-order valence-corrected chi connectivity index (χ0v) is 15.4. The summed E-state index contributed by atoms with van der Waals surface area (Å²) in [5, 5.41) is 3.48. The molecule has 2 nitrogen and oxygen atoms in total. The van der Waals surface area contributed by atoms with Crippen molar-refractivity contribution in [1.29, 1.82) is 0 Å². The quantitative estimate of drug-likeness (QED) is 0.870. The van der Waals surface area contributed by atoms with Crippen molar-refractivity contribution in [3.05, 3.63) is 35.4 Å². The lowest BCUT2D eigenvalue weighted by molar-refractivity contribution is 0.0837. The van der Waals surface area contributed by atoms with Crippen LogP contribution in [0.2, 0.25) is 0 Å². The van der Waals surface area contributed by atoms with Gasteiger partial charge in [0.15, 0.2) is 0 Å². The largest absolute Gasteiger partial charge is 0.314 e. The first kappa shape index (κ1) is 19.8. The molecule has 1 N–H and O–H groups in total. The highest BCUT2D eigenvalue weighted by molar-refractivity contribution is 5.85. The third-order valence-electron chi connectivity index (χ3n) is 5.09. The summed E-state index contributed by atoms with van der Waals surface area (Å²) in [6.45, 7) is 9.24. The van der Waals surface area contributed by atoms with Gasteiger partial charge in [0.05, 0.1) is 0 Å². The van der Waals surface area contributed by atoms with Crippen LogP contribution in [0, 0.1) is 5.92 Å². The van der Waals surface area contributed by atoms with Gasteiger partial charge >= 0.3 is 0 Å². The van der Waals surface area contributed by atoms with Crippen LogP contribution in [0.15, 0.2) is 24.3 Å². The summed E-state index contributed by atoms with van der Waals surface area (Å²) in [5.41, 5.74) is 3.00. The van der Waals surface area contributed by atoms with Gasteiger partial charge in [-0.3, -0.25) is 4.90 Å². The lowest BCUT2D eigenvalue weighted by Crippen LogP contribution is -2.47. The molecule has 1 aliphatic heterocycles. The van der Waals surface area contributed by atoms with E-state index in [2.05, 4.69) is 48.3 Å². The molecule has 0 aromatic heterocycles. The van der Waals surface area contributed by atoms with E-state index >= 15 is 0 Å². The van der Waals surface area contributed by atoms with Gasteiger partial charge in [-0.05, 0) is 35.8 Å². The maximum Gasteiger partial charge on any atom is 0.0377 e. The molecule has 3 rings (SSSR count). The lowest BCUT2D eigenvalue weighted by Gasteiger charge is -2.43. The van der Waals surface area contributed by atoms with Gasteiger partial charge in [0, 0.05) is 32.2 Å². The van der Waals surface area contributed by atoms with Crippen molar-refractivity contribution >= 4 is 24.8 Å². The molecule has 126 valence electrons. The maximum absolute atomic E-state index is 3.48. The van der Waals surface area contributed by atoms with E-state index in [0.717, 1.165) is 19.0 Å². The fraction of sp³-hybridized carbons (Fsp3) is 0.667. The Balaban J connectivity index is 0.00000121. The monoisotopic (exact) mass is 344 g/mol. The van der Waals surface area contributed by atoms with E-state index in [1.54, 1.807) is 5.56 Å². The van der Waals surface area contributed by atoms with Crippen LogP contribution in [-0.2, 0) is 0 Å². The van der Waals surface area contributed by atoms with E-state index in [-0.39, 0.29) is 24.8 Å². The van der Waals surface area contributed by atoms with Gasteiger partial charge in [-0.25, -0.2) is 0 Å².